The minimum atomic E-state index is -0.785. The lowest BCUT2D eigenvalue weighted by molar-refractivity contribution is 0.0796. The van der Waals surface area contributed by atoms with Crippen molar-refractivity contribution in [1.82, 2.24) is 4.90 Å². The summed E-state index contributed by atoms with van der Waals surface area (Å²) >= 11 is 0. The topological polar surface area (TPSA) is 88.2 Å². The minimum absolute atomic E-state index is 0.0366. The number of nitrogens with zero attached hydrogens (tertiary/aromatic N) is 2. The average Bonchev–Trinajstić information content (AvgIpc) is 2.65. The summed E-state index contributed by atoms with van der Waals surface area (Å²) < 4.78 is 5.69. The van der Waals surface area contributed by atoms with Gasteiger partial charge in [0.25, 0.3) is 5.91 Å². The van der Waals surface area contributed by atoms with E-state index in [1.807, 2.05) is 51.1 Å². The molecule has 0 bridgehead atoms. The van der Waals surface area contributed by atoms with Crippen molar-refractivity contribution in [2.45, 2.75) is 32.9 Å². The van der Waals surface area contributed by atoms with E-state index in [1.165, 1.54) is 0 Å². The minimum Gasteiger partial charge on any atom is -0.491 e. The van der Waals surface area contributed by atoms with Crippen LogP contribution in [0.1, 0.15) is 29.8 Å². The second-order valence-electron chi connectivity index (χ2n) is 6.62. The van der Waals surface area contributed by atoms with Crippen LogP contribution in [0.5, 0.6) is 5.75 Å². The summed E-state index contributed by atoms with van der Waals surface area (Å²) in [5.74, 6) is 0.395. The molecule has 2 rings (SSSR count). The van der Waals surface area contributed by atoms with Gasteiger partial charge in [0.1, 0.15) is 18.5 Å². The van der Waals surface area contributed by atoms with Crippen LogP contribution in [0.3, 0.4) is 0 Å². The zero-order valence-electron chi connectivity index (χ0n) is 16.0. The van der Waals surface area contributed by atoms with Crippen molar-refractivity contribution in [2.24, 2.45) is 10.7 Å². The first kappa shape index (κ1) is 20.5. The maximum absolute atomic E-state index is 12.2. The molecule has 0 fully saturated rings. The van der Waals surface area contributed by atoms with Crippen LogP contribution in [0, 0.1) is 6.92 Å². The third-order valence-electron chi connectivity index (χ3n) is 4.09. The molecule has 1 atom stereocenters. The lowest BCUT2D eigenvalue weighted by Gasteiger charge is -2.29. The monoisotopic (exact) mass is 369 g/mol. The Balaban J connectivity index is 2.00. The maximum Gasteiger partial charge on any atom is 0.280 e. The van der Waals surface area contributed by atoms with Crippen LogP contribution in [0.25, 0.3) is 0 Å². The molecule has 0 saturated carbocycles. The van der Waals surface area contributed by atoms with Gasteiger partial charge in [0.15, 0.2) is 5.96 Å². The average molecular weight is 369 g/mol. The van der Waals surface area contributed by atoms with Crippen LogP contribution in [-0.4, -0.2) is 47.2 Å². The van der Waals surface area contributed by atoms with Gasteiger partial charge in [-0.05, 0) is 44.5 Å². The summed E-state index contributed by atoms with van der Waals surface area (Å²) in [6, 6.07) is 16.3. The number of aliphatic hydroxyl groups is 1. The highest BCUT2D eigenvalue weighted by molar-refractivity contribution is 6.02. The van der Waals surface area contributed by atoms with Crippen molar-refractivity contribution in [3.8, 4) is 5.75 Å². The van der Waals surface area contributed by atoms with E-state index < -0.39 is 12.0 Å². The zero-order chi connectivity index (χ0) is 19.8. The smallest absolute Gasteiger partial charge is 0.280 e. The van der Waals surface area contributed by atoms with Crippen LogP contribution < -0.4 is 10.5 Å². The Labute approximate surface area is 160 Å². The fraction of sp³-hybridized carbons (Fsp3) is 0.333. The number of benzene rings is 2. The summed E-state index contributed by atoms with van der Waals surface area (Å²) in [7, 11) is 0. The molecule has 0 aliphatic carbocycles. The maximum atomic E-state index is 12.2. The lowest BCUT2D eigenvalue weighted by Crippen LogP contribution is -2.47. The van der Waals surface area contributed by atoms with Crippen molar-refractivity contribution in [3.63, 3.8) is 0 Å². The molecule has 1 unspecified atom stereocenters. The Hall–Kier alpha value is -2.86. The van der Waals surface area contributed by atoms with E-state index in [-0.39, 0.29) is 25.2 Å². The summed E-state index contributed by atoms with van der Waals surface area (Å²) in [6.07, 6.45) is -0.785. The fourth-order valence-corrected chi connectivity index (χ4v) is 2.57. The molecule has 144 valence electrons. The number of amides is 1. The zero-order valence-corrected chi connectivity index (χ0v) is 16.0. The van der Waals surface area contributed by atoms with Gasteiger partial charge in [-0.1, -0.05) is 36.4 Å². The number of hydrogen-bond donors (Lipinski definition) is 2. The SMILES string of the molecule is Cc1ccccc1OCC(O)CN(C(N)=NC(=O)c1ccccc1)C(C)C. The molecule has 0 heterocycles. The van der Waals surface area contributed by atoms with Crippen molar-refractivity contribution in [3.05, 3.63) is 65.7 Å². The van der Waals surface area contributed by atoms with E-state index in [4.69, 9.17) is 10.5 Å². The van der Waals surface area contributed by atoms with Gasteiger partial charge < -0.3 is 20.5 Å². The Bertz CT molecular complexity index is 775. The van der Waals surface area contributed by atoms with E-state index in [9.17, 15) is 9.90 Å². The van der Waals surface area contributed by atoms with Crippen LogP contribution in [0.4, 0.5) is 0 Å². The number of hydrogen-bond acceptors (Lipinski definition) is 3. The highest BCUT2D eigenvalue weighted by atomic mass is 16.5. The van der Waals surface area contributed by atoms with Gasteiger partial charge in [-0.3, -0.25) is 4.79 Å². The standard InChI is InChI=1S/C21H27N3O3/c1-15(2)24(21(22)23-20(26)17-10-5-4-6-11-17)13-18(25)14-27-19-12-8-7-9-16(19)3/h4-12,15,18,25H,13-14H2,1-3H3,(H2,22,23,26). The van der Waals surface area contributed by atoms with Gasteiger partial charge in [-0.25, -0.2) is 0 Å². The molecule has 2 aromatic rings. The molecule has 0 aliphatic heterocycles. The Morgan fingerprint density at radius 1 is 1.15 bits per heavy atom. The van der Waals surface area contributed by atoms with Gasteiger partial charge in [0, 0.05) is 11.6 Å². The second kappa shape index (κ2) is 9.73. The molecule has 3 N–H and O–H groups in total. The Morgan fingerprint density at radius 3 is 2.41 bits per heavy atom. The van der Waals surface area contributed by atoms with Gasteiger partial charge in [-0.15, -0.1) is 0 Å². The summed E-state index contributed by atoms with van der Waals surface area (Å²) in [4.78, 5) is 17.9. The molecule has 1 amide bonds. The largest absolute Gasteiger partial charge is 0.491 e. The number of carbonyl (C=O) groups excluding carboxylic acids is 1. The molecule has 6 nitrogen and oxygen atoms in total. The van der Waals surface area contributed by atoms with Crippen molar-refractivity contribution >= 4 is 11.9 Å². The number of aliphatic hydroxyl groups excluding tert-OH is 1. The predicted molar refractivity (Wildman–Crippen MR) is 107 cm³/mol. The predicted octanol–water partition coefficient (Wildman–Crippen LogP) is 2.60. The highest BCUT2D eigenvalue weighted by Crippen LogP contribution is 2.16. The number of carbonyl (C=O) groups is 1. The first-order valence-electron chi connectivity index (χ1n) is 8.95. The number of rotatable bonds is 7. The first-order valence-corrected chi connectivity index (χ1v) is 8.95. The summed E-state index contributed by atoms with van der Waals surface area (Å²) in [6.45, 7) is 6.12. The van der Waals surface area contributed by atoms with Crippen LogP contribution >= 0.6 is 0 Å². The van der Waals surface area contributed by atoms with Gasteiger partial charge in [0.05, 0.1) is 6.54 Å². The molecule has 0 radical (unpaired) electrons. The Kier molecular flexibility index (Phi) is 7.37. The van der Waals surface area contributed by atoms with Crippen molar-refractivity contribution in [2.75, 3.05) is 13.2 Å². The number of aryl methyl sites for hydroxylation is 1. The number of guanidine groups is 1. The molecule has 6 heteroatoms. The number of aliphatic imine (C=N–C) groups is 1. The fourth-order valence-electron chi connectivity index (χ4n) is 2.57. The van der Waals surface area contributed by atoms with Crippen molar-refractivity contribution in [1.29, 1.82) is 0 Å². The molecule has 0 saturated heterocycles. The highest BCUT2D eigenvalue weighted by Gasteiger charge is 2.19. The third kappa shape index (κ3) is 6.11. The van der Waals surface area contributed by atoms with Gasteiger partial charge in [-0.2, -0.15) is 4.99 Å². The normalized spacial score (nSPS) is 12.7. The molecule has 0 aromatic heterocycles. The Morgan fingerprint density at radius 2 is 1.78 bits per heavy atom. The molecular formula is C21H27N3O3. The van der Waals surface area contributed by atoms with Gasteiger partial charge in [0.2, 0.25) is 0 Å². The quantitative estimate of drug-likeness (QED) is 0.578. The van der Waals surface area contributed by atoms with E-state index in [2.05, 4.69) is 4.99 Å². The van der Waals surface area contributed by atoms with E-state index in [0.717, 1.165) is 11.3 Å². The van der Waals surface area contributed by atoms with E-state index in [0.29, 0.717) is 5.56 Å². The lowest BCUT2D eigenvalue weighted by atomic mass is 10.2. The molecule has 27 heavy (non-hydrogen) atoms. The molecule has 0 aliphatic rings. The van der Waals surface area contributed by atoms with Crippen LogP contribution in [0.2, 0.25) is 0 Å². The summed E-state index contributed by atoms with van der Waals surface area (Å²) in [5.41, 5.74) is 7.51. The van der Waals surface area contributed by atoms with Crippen LogP contribution in [-0.2, 0) is 0 Å². The van der Waals surface area contributed by atoms with Gasteiger partial charge >= 0.3 is 0 Å². The molecular weight excluding hydrogens is 342 g/mol. The molecule has 0 spiro atoms. The second-order valence-corrected chi connectivity index (χ2v) is 6.62. The van der Waals surface area contributed by atoms with E-state index in [1.54, 1.807) is 29.2 Å². The van der Waals surface area contributed by atoms with E-state index >= 15 is 0 Å². The molecule has 2 aromatic carbocycles. The first-order chi connectivity index (χ1) is 12.9. The van der Waals surface area contributed by atoms with Crippen molar-refractivity contribution < 1.29 is 14.6 Å². The number of para-hydroxylation sites is 1. The number of nitrogens with two attached hydrogens (primary N) is 1. The third-order valence-corrected chi connectivity index (χ3v) is 4.09. The number of ether oxygens (including phenoxy) is 1. The summed E-state index contributed by atoms with van der Waals surface area (Å²) in [5, 5.41) is 10.4. The van der Waals surface area contributed by atoms with Crippen LogP contribution in [0.15, 0.2) is 59.6 Å².